The minimum atomic E-state index is -5.19. The van der Waals surface area contributed by atoms with Crippen molar-refractivity contribution in [2.45, 2.75) is 45.6 Å². The molecule has 1 atom stereocenters. The minimum Gasteiger partial charge on any atom is -0.463 e. The van der Waals surface area contributed by atoms with Crippen molar-refractivity contribution in [2.24, 2.45) is 0 Å². The number of halogens is 3. The first-order valence-corrected chi connectivity index (χ1v) is 7.59. The van der Waals surface area contributed by atoms with E-state index in [1.165, 1.54) is 32.9 Å². The molecule has 1 aromatic rings. The normalized spacial score (nSPS) is 13.8. The van der Waals surface area contributed by atoms with Crippen molar-refractivity contribution in [1.82, 2.24) is 5.32 Å². The molecule has 0 fully saturated rings. The van der Waals surface area contributed by atoms with E-state index in [9.17, 15) is 22.8 Å². The maximum atomic E-state index is 13.8. The molecule has 0 aromatic heterocycles. The molecule has 0 heterocycles. The van der Waals surface area contributed by atoms with Crippen LogP contribution >= 0.6 is 0 Å². The number of carbonyl (C=O) groups is 2. The zero-order chi connectivity index (χ0) is 19.3. The molecule has 0 bridgehead atoms. The van der Waals surface area contributed by atoms with Crippen molar-refractivity contribution in [3.8, 4) is 0 Å². The van der Waals surface area contributed by atoms with Crippen molar-refractivity contribution >= 4 is 17.7 Å². The molecule has 0 spiro atoms. The lowest BCUT2D eigenvalue weighted by atomic mass is 10.1. The van der Waals surface area contributed by atoms with Crippen LogP contribution < -0.4 is 10.6 Å². The quantitative estimate of drug-likeness (QED) is 0.599. The number of alkyl halides is 3. The predicted octanol–water partition coefficient (Wildman–Crippen LogP) is 3.36. The van der Waals surface area contributed by atoms with Crippen molar-refractivity contribution in [3.63, 3.8) is 0 Å². The van der Waals surface area contributed by atoms with E-state index >= 15 is 0 Å². The van der Waals surface area contributed by atoms with Gasteiger partial charge in [-0.05, 0) is 39.8 Å². The molecule has 0 saturated heterocycles. The van der Waals surface area contributed by atoms with E-state index in [4.69, 9.17) is 0 Å². The van der Waals surface area contributed by atoms with Crippen molar-refractivity contribution < 1.29 is 32.2 Å². The molecule has 2 N–H and O–H groups in total. The first-order chi connectivity index (χ1) is 11.5. The summed E-state index contributed by atoms with van der Waals surface area (Å²) in [4.78, 5) is 23.9. The molecule has 0 aliphatic rings. The lowest BCUT2D eigenvalue weighted by Crippen LogP contribution is -2.69. The van der Waals surface area contributed by atoms with Crippen LogP contribution in [0.15, 0.2) is 24.3 Å². The van der Waals surface area contributed by atoms with Gasteiger partial charge in [0.1, 0.15) is 0 Å². The van der Waals surface area contributed by atoms with E-state index in [0.29, 0.717) is 0 Å². The summed E-state index contributed by atoms with van der Waals surface area (Å²) >= 11 is 0. The lowest BCUT2D eigenvalue weighted by Gasteiger charge is -2.35. The first kappa shape index (κ1) is 20.6. The van der Waals surface area contributed by atoms with Crippen LogP contribution in [0.2, 0.25) is 0 Å². The van der Waals surface area contributed by atoms with E-state index in [-0.39, 0.29) is 12.3 Å². The summed E-state index contributed by atoms with van der Waals surface area (Å²) < 4.78 is 50.6. The SMILES string of the molecule is CCOC(=O)[C@](NC(=O)OC(C)C)(Nc1ccc(C)cc1)C(F)(F)F. The fourth-order valence-electron chi connectivity index (χ4n) is 1.88. The van der Waals surface area contributed by atoms with Crippen LogP contribution in [0.5, 0.6) is 0 Å². The Labute approximate surface area is 143 Å². The molecule has 9 heteroatoms. The third kappa shape index (κ3) is 5.27. The molecule has 0 aliphatic carbocycles. The van der Waals surface area contributed by atoms with Gasteiger partial charge in [-0.2, -0.15) is 13.2 Å². The fraction of sp³-hybridized carbons (Fsp3) is 0.500. The van der Waals surface area contributed by atoms with E-state index in [2.05, 4.69) is 9.47 Å². The molecule has 25 heavy (non-hydrogen) atoms. The zero-order valence-electron chi connectivity index (χ0n) is 14.4. The van der Waals surface area contributed by atoms with E-state index < -0.39 is 30.0 Å². The van der Waals surface area contributed by atoms with Gasteiger partial charge in [0.15, 0.2) is 0 Å². The lowest BCUT2D eigenvalue weighted by molar-refractivity contribution is -0.205. The monoisotopic (exact) mass is 362 g/mol. The summed E-state index contributed by atoms with van der Waals surface area (Å²) in [5.74, 6) is -1.69. The second-order valence-electron chi connectivity index (χ2n) is 5.54. The number of carbonyl (C=O) groups excluding carboxylic acids is 2. The van der Waals surface area contributed by atoms with E-state index in [1.807, 2.05) is 5.32 Å². The van der Waals surface area contributed by atoms with Gasteiger partial charge in [-0.15, -0.1) is 0 Å². The van der Waals surface area contributed by atoms with Crippen molar-refractivity contribution in [1.29, 1.82) is 0 Å². The van der Waals surface area contributed by atoms with Gasteiger partial charge in [0.25, 0.3) is 0 Å². The number of nitrogens with one attached hydrogen (secondary N) is 2. The van der Waals surface area contributed by atoms with Gasteiger partial charge in [-0.3, -0.25) is 5.32 Å². The van der Waals surface area contributed by atoms with Crippen LogP contribution in [0.4, 0.5) is 23.7 Å². The highest BCUT2D eigenvalue weighted by molar-refractivity contribution is 5.89. The van der Waals surface area contributed by atoms with Crippen LogP contribution in [0.1, 0.15) is 26.3 Å². The third-order valence-electron chi connectivity index (χ3n) is 3.02. The van der Waals surface area contributed by atoms with Gasteiger partial charge in [0, 0.05) is 5.69 Å². The number of anilines is 1. The molecular formula is C16H21F3N2O4. The number of rotatable bonds is 6. The first-order valence-electron chi connectivity index (χ1n) is 7.59. The van der Waals surface area contributed by atoms with Crippen LogP contribution in [0.3, 0.4) is 0 Å². The Balaban J connectivity index is 3.31. The summed E-state index contributed by atoms with van der Waals surface area (Å²) in [6, 6.07) is 5.82. The van der Waals surface area contributed by atoms with Crippen LogP contribution in [-0.4, -0.2) is 36.6 Å². The van der Waals surface area contributed by atoms with Gasteiger partial charge in [0.05, 0.1) is 12.7 Å². The number of esters is 1. The van der Waals surface area contributed by atoms with Gasteiger partial charge in [-0.1, -0.05) is 17.7 Å². The molecule has 0 unspecified atom stereocenters. The molecule has 1 aromatic carbocycles. The standard InChI is InChI=1S/C16H21F3N2O4/c1-5-24-13(22)15(16(17,18)19,21-14(23)25-10(2)3)20-12-8-6-11(4)7-9-12/h6-10,20H,5H2,1-4H3,(H,21,23)/t15-/m1/s1. The summed E-state index contributed by atoms with van der Waals surface area (Å²) in [6.45, 7) is 5.74. The molecule has 0 aliphatic heterocycles. The number of benzene rings is 1. The van der Waals surface area contributed by atoms with Crippen molar-refractivity contribution in [2.75, 3.05) is 11.9 Å². The highest BCUT2D eigenvalue weighted by Crippen LogP contribution is 2.33. The zero-order valence-corrected chi connectivity index (χ0v) is 14.4. The highest BCUT2D eigenvalue weighted by atomic mass is 19.4. The third-order valence-corrected chi connectivity index (χ3v) is 3.02. The Kier molecular flexibility index (Phi) is 6.66. The molecule has 6 nitrogen and oxygen atoms in total. The summed E-state index contributed by atoms with van der Waals surface area (Å²) in [5.41, 5.74) is -2.70. The smallest absolute Gasteiger partial charge is 0.442 e. The Bertz CT molecular complexity index is 602. The highest BCUT2D eigenvalue weighted by Gasteiger charge is 2.64. The summed E-state index contributed by atoms with van der Waals surface area (Å²) in [5, 5.41) is 3.61. The summed E-state index contributed by atoms with van der Waals surface area (Å²) in [7, 11) is 0. The number of amides is 1. The van der Waals surface area contributed by atoms with Gasteiger partial charge in [0.2, 0.25) is 0 Å². The van der Waals surface area contributed by atoms with E-state index in [1.54, 1.807) is 24.4 Å². The number of aryl methyl sites for hydroxylation is 1. The van der Waals surface area contributed by atoms with Gasteiger partial charge >= 0.3 is 23.9 Å². The second-order valence-corrected chi connectivity index (χ2v) is 5.54. The predicted molar refractivity (Wildman–Crippen MR) is 85.0 cm³/mol. The molecular weight excluding hydrogens is 341 g/mol. The molecule has 1 amide bonds. The Hall–Kier alpha value is -2.45. The number of ether oxygens (including phenoxy) is 2. The van der Waals surface area contributed by atoms with Crippen LogP contribution in [0.25, 0.3) is 0 Å². The number of hydrogen-bond donors (Lipinski definition) is 2. The molecule has 0 saturated carbocycles. The number of alkyl carbamates (subject to hydrolysis) is 1. The topological polar surface area (TPSA) is 76.7 Å². The maximum absolute atomic E-state index is 13.8. The van der Waals surface area contributed by atoms with Crippen molar-refractivity contribution in [3.05, 3.63) is 29.8 Å². The van der Waals surface area contributed by atoms with E-state index in [0.717, 1.165) is 5.56 Å². The summed E-state index contributed by atoms with van der Waals surface area (Å²) in [6.07, 6.45) is -7.27. The molecule has 0 radical (unpaired) electrons. The average molecular weight is 362 g/mol. The Morgan fingerprint density at radius 3 is 2.16 bits per heavy atom. The van der Waals surface area contributed by atoms with Crippen LogP contribution in [0, 0.1) is 6.92 Å². The van der Waals surface area contributed by atoms with Crippen LogP contribution in [-0.2, 0) is 14.3 Å². The number of hydrogen-bond acceptors (Lipinski definition) is 5. The maximum Gasteiger partial charge on any atom is 0.442 e. The Morgan fingerprint density at radius 2 is 1.72 bits per heavy atom. The fourth-order valence-corrected chi connectivity index (χ4v) is 1.88. The minimum absolute atomic E-state index is 0.0270. The average Bonchev–Trinajstić information content (AvgIpc) is 2.47. The van der Waals surface area contributed by atoms with Gasteiger partial charge in [-0.25, -0.2) is 9.59 Å². The second kappa shape index (κ2) is 8.09. The molecule has 1 rings (SSSR count). The Morgan fingerprint density at radius 1 is 1.16 bits per heavy atom. The molecule has 140 valence electrons. The van der Waals surface area contributed by atoms with Gasteiger partial charge < -0.3 is 14.8 Å². The largest absolute Gasteiger partial charge is 0.463 e.